The van der Waals surface area contributed by atoms with Crippen LogP contribution in [0.1, 0.15) is 12.8 Å². The third-order valence-corrected chi connectivity index (χ3v) is 1.46. The summed E-state index contributed by atoms with van der Waals surface area (Å²) in [5.41, 5.74) is 4.78. The Hall–Kier alpha value is -0.0000000000000000555. The molecule has 1 aliphatic carbocycles. The van der Waals surface area contributed by atoms with Crippen molar-refractivity contribution < 1.29 is 17.9 Å². The minimum atomic E-state index is -4.32. The van der Waals surface area contributed by atoms with Crippen LogP contribution in [0.4, 0.5) is 13.2 Å². The molecule has 0 heterocycles. The van der Waals surface area contributed by atoms with Crippen LogP contribution in [-0.2, 0) is 4.74 Å². The topological polar surface area (TPSA) is 35.2 Å². The molecule has 1 atom stereocenters. The van der Waals surface area contributed by atoms with Gasteiger partial charge in [-0.1, -0.05) is 0 Å². The van der Waals surface area contributed by atoms with Crippen molar-refractivity contribution in [3.05, 3.63) is 0 Å². The number of rotatable bonds is 3. The molecule has 1 aliphatic rings. The van der Waals surface area contributed by atoms with Gasteiger partial charge in [0.1, 0.15) is 6.04 Å². The van der Waals surface area contributed by atoms with E-state index < -0.39 is 18.8 Å². The van der Waals surface area contributed by atoms with E-state index in [0.717, 1.165) is 12.8 Å². The average Bonchev–Trinajstić information content (AvgIpc) is 2.62. The zero-order chi connectivity index (χ0) is 8.48. The van der Waals surface area contributed by atoms with Crippen molar-refractivity contribution in [3.8, 4) is 0 Å². The van der Waals surface area contributed by atoms with Crippen molar-refractivity contribution in [2.45, 2.75) is 31.2 Å². The first kappa shape index (κ1) is 12.0. The van der Waals surface area contributed by atoms with E-state index in [1.54, 1.807) is 0 Å². The Morgan fingerprint density at radius 2 is 1.92 bits per heavy atom. The quantitative estimate of drug-likeness (QED) is 0.758. The average molecular weight is 206 g/mol. The molecule has 1 rings (SSSR count). The van der Waals surface area contributed by atoms with Gasteiger partial charge in [-0.2, -0.15) is 13.2 Å². The summed E-state index contributed by atoms with van der Waals surface area (Å²) in [6, 6.07) is -1.83. The third kappa shape index (κ3) is 4.13. The SMILES string of the molecule is Cl.NC(COC1CC1)C(F)(F)F. The predicted octanol–water partition coefficient (Wildman–Crippen LogP) is 1.48. The summed E-state index contributed by atoms with van der Waals surface area (Å²) in [5, 5.41) is 0. The van der Waals surface area contributed by atoms with Gasteiger partial charge in [0.15, 0.2) is 0 Å². The van der Waals surface area contributed by atoms with Gasteiger partial charge in [0.25, 0.3) is 0 Å². The molecule has 0 aromatic rings. The fraction of sp³-hybridized carbons (Fsp3) is 1.00. The highest BCUT2D eigenvalue weighted by Gasteiger charge is 2.38. The molecule has 2 nitrogen and oxygen atoms in total. The fourth-order valence-corrected chi connectivity index (χ4v) is 0.569. The number of nitrogens with two attached hydrogens (primary N) is 1. The summed E-state index contributed by atoms with van der Waals surface area (Å²) in [4.78, 5) is 0. The van der Waals surface area contributed by atoms with Crippen LogP contribution in [0, 0.1) is 0 Å². The maximum absolute atomic E-state index is 11.7. The van der Waals surface area contributed by atoms with E-state index in [1.165, 1.54) is 0 Å². The summed E-state index contributed by atoms with van der Waals surface area (Å²) in [7, 11) is 0. The van der Waals surface area contributed by atoms with E-state index >= 15 is 0 Å². The highest BCUT2D eigenvalue weighted by molar-refractivity contribution is 5.85. The first-order chi connectivity index (χ1) is 5.00. The van der Waals surface area contributed by atoms with Gasteiger partial charge in [-0.25, -0.2) is 0 Å². The monoisotopic (exact) mass is 205 g/mol. The summed E-state index contributed by atoms with van der Waals surface area (Å²) in [6.07, 6.45) is -2.56. The van der Waals surface area contributed by atoms with Gasteiger partial charge in [0, 0.05) is 0 Å². The first-order valence-corrected chi connectivity index (χ1v) is 3.44. The molecule has 0 bridgehead atoms. The van der Waals surface area contributed by atoms with Crippen LogP contribution in [0.3, 0.4) is 0 Å². The maximum Gasteiger partial charge on any atom is 0.405 e. The highest BCUT2D eigenvalue weighted by Crippen LogP contribution is 2.25. The predicted molar refractivity (Wildman–Crippen MR) is 40.3 cm³/mol. The second-order valence-corrected chi connectivity index (χ2v) is 2.68. The summed E-state index contributed by atoms with van der Waals surface area (Å²) in [6.45, 7) is -0.409. The van der Waals surface area contributed by atoms with E-state index in [9.17, 15) is 13.2 Å². The lowest BCUT2D eigenvalue weighted by Gasteiger charge is -2.14. The van der Waals surface area contributed by atoms with E-state index in [-0.39, 0.29) is 18.5 Å². The molecule has 0 saturated heterocycles. The molecule has 1 fully saturated rings. The molecule has 74 valence electrons. The Balaban J connectivity index is 0.00000121. The lowest BCUT2D eigenvalue weighted by molar-refractivity contribution is -0.160. The van der Waals surface area contributed by atoms with Crippen molar-refractivity contribution in [3.63, 3.8) is 0 Å². The standard InChI is InChI=1S/C6H10F3NO.ClH/c7-6(8,9)5(10)3-11-4-1-2-4;/h4-5H,1-3,10H2;1H. The molecular weight excluding hydrogens is 195 g/mol. The Kier molecular flexibility index (Phi) is 4.30. The summed E-state index contributed by atoms with van der Waals surface area (Å²) in [5.74, 6) is 0. The second kappa shape index (κ2) is 4.30. The molecule has 0 amide bonds. The minimum Gasteiger partial charge on any atom is -0.376 e. The maximum atomic E-state index is 11.7. The molecule has 0 aliphatic heterocycles. The van der Waals surface area contributed by atoms with E-state index in [4.69, 9.17) is 10.5 Å². The zero-order valence-electron chi connectivity index (χ0n) is 6.30. The van der Waals surface area contributed by atoms with Crippen LogP contribution in [-0.4, -0.2) is 24.9 Å². The Bertz CT molecular complexity index is 137. The third-order valence-electron chi connectivity index (χ3n) is 1.46. The molecule has 2 N–H and O–H groups in total. The molecule has 12 heavy (non-hydrogen) atoms. The Morgan fingerprint density at radius 1 is 1.42 bits per heavy atom. The summed E-state index contributed by atoms with van der Waals surface area (Å²) < 4.78 is 39.9. The molecule has 1 unspecified atom stereocenters. The molecule has 1 saturated carbocycles. The number of hydrogen-bond acceptors (Lipinski definition) is 2. The van der Waals surface area contributed by atoms with Crippen LogP contribution in [0.2, 0.25) is 0 Å². The largest absolute Gasteiger partial charge is 0.405 e. The molecule has 0 spiro atoms. The van der Waals surface area contributed by atoms with Gasteiger partial charge in [0.2, 0.25) is 0 Å². The van der Waals surface area contributed by atoms with Gasteiger partial charge < -0.3 is 10.5 Å². The van der Waals surface area contributed by atoms with Gasteiger partial charge in [-0.15, -0.1) is 12.4 Å². The number of hydrogen-bond donors (Lipinski definition) is 1. The smallest absolute Gasteiger partial charge is 0.376 e. The first-order valence-electron chi connectivity index (χ1n) is 3.44. The van der Waals surface area contributed by atoms with Crippen molar-refractivity contribution >= 4 is 12.4 Å². The van der Waals surface area contributed by atoms with Gasteiger partial charge >= 0.3 is 6.18 Å². The lowest BCUT2D eigenvalue weighted by atomic mass is 10.3. The Labute approximate surface area is 74.7 Å². The highest BCUT2D eigenvalue weighted by atomic mass is 35.5. The zero-order valence-corrected chi connectivity index (χ0v) is 7.12. The lowest BCUT2D eigenvalue weighted by Crippen LogP contribution is -2.41. The molecule has 6 heteroatoms. The number of halogens is 4. The van der Waals surface area contributed by atoms with Crippen LogP contribution >= 0.6 is 12.4 Å². The Morgan fingerprint density at radius 3 is 2.25 bits per heavy atom. The van der Waals surface area contributed by atoms with Crippen molar-refractivity contribution in [1.29, 1.82) is 0 Å². The molecule has 0 aromatic carbocycles. The van der Waals surface area contributed by atoms with Gasteiger partial charge in [-0.3, -0.25) is 0 Å². The van der Waals surface area contributed by atoms with Crippen LogP contribution < -0.4 is 5.73 Å². The van der Waals surface area contributed by atoms with Crippen molar-refractivity contribution in [2.75, 3.05) is 6.61 Å². The van der Waals surface area contributed by atoms with Crippen LogP contribution in [0.25, 0.3) is 0 Å². The van der Waals surface area contributed by atoms with E-state index in [0.29, 0.717) is 0 Å². The molecular formula is C6H11ClF3NO. The normalized spacial score (nSPS) is 20.0. The molecule has 0 aromatic heterocycles. The molecule has 0 radical (unpaired) electrons. The van der Waals surface area contributed by atoms with Crippen molar-refractivity contribution in [2.24, 2.45) is 5.73 Å². The number of alkyl halides is 3. The summed E-state index contributed by atoms with van der Waals surface area (Å²) >= 11 is 0. The van der Waals surface area contributed by atoms with Gasteiger partial charge in [-0.05, 0) is 12.8 Å². The number of ether oxygens (including phenoxy) is 1. The van der Waals surface area contributed by atoms with Crippen molar-refractivity contribution in [1.82, 2.24) is 0 Å². The van der Waals surface area contributed by atoms with Crippen LogP contribution in [0.15, 0.2) is 0 Å². The van der Waals surface area contributed by atoms with Gasteiger partial charge in [0.05, 0.1) is 12.7 Å². The fourth-order valence-electron chi connectivity index (χ4n) is 0.569. The second-order valence-electron chi connectivity index (χ2n) is 2.68. The van der Waals surface area contributed by atoms with Crippen LogP contribution in [0.5, 0.6) is 0 Å². The minimum absolute atomic E-state index is 0. The van der Waals surface area contributed by atoms with E-state index in [1.807, 2.05) is 0 Å². The van der Waals surface area contributed by atoms with E-state index in [2.05, 4.69) is 0 Å².